The molecule has 0 radical (unpaired) electrons. The summed E-state index contributed by atoms with van der Waals surface area (Å²) in [5.74, 6) is 5.59. The van der Waals surface area contributed by atoms with Gasteiger partial charge in [0, 0.05) is 11.6 Å². The Bertz CT molecular complexity index is 765. The largest absolute Gasteiger partial charge is 0.320 e. The zero-order valence-electron chi connectivity index (χ0n) is 9.45. The monoisotopic (exact) mass is 238 g/mol. The fourth-order valence-corrected chi connectivity index (χ4v) is 1.90. The van der Waals surface area contributed by atoms with E-state index in [1.54, 1.807) is 18.3 Å². The Kier molecular flexibility index (Phi) is 2.30. The molecular weight excluding hydrogens is 228 g/mol. The van der Waals surface area contributed by atoms with Crippen molar-refractivity contribution in [2.45, 2.75) is 0 Å². The van der Waals surface area contributed by atoms with Crippen LogP contribution in [-0.2, 0) is 0 Å². The molecule has 5 nitrogen and oxygen atoms in total. The van der Waals surface area contributed by atoms with Crippen molar-refractivity contribution in [3.8, 4) is 11.4 Å². The number of benzene rings is 1. The molecule has 0 bridgehead atoms. The lowest BCUT2D eigenvalue weighted by molar-refractivity contribution is 0.779. The molecule has 0 unspecified atom stereocenters. The Morgan fingerprint density at radius 3 is 2.44 bits per heavy atom. The Morgan fingerprint density at radius 2 is 1.72 bits per heavy atom. The number of nitrogens with two attached hydrogens (primary N) is 1. The van der Waals surface area contributed by atoms with Crippen LogP contribution in [0.5, 0.6) is 0 Å². The lowest BCUT2D eigenvalue weighted by atomic mass is 10.1. The van der Waals surface area contributed by atoms with E-state index >= 15 is 0 Å². The number of nitrogen functional groups attached to an aromatic ring is 1. The van der Waals surface area contributed by atoms with E-state index in [9.17, 15) is 4.79 Å². The number of aromatic nitrogens is 3. The number of nitrogens with zero attached hydrogens (tertiary/aromatic N) is 3. The molecule has 3 aromatic rings. The zero-order valence-corrected chi connectivity index (χ0v) is 9.45. The van der Waals surface area contributed by atoms with Crippen molar-refractivity contribution >= 4 is 10.8 Å². The van der Waals surface area contributed by atoms with Crippen LogP contribution in [0.25, 0.3) is 22.2 Å². The molecule has 0 saturated carbocycles. The Balaban J connectivity index is 2.44. The van der Waals surface area contributed by atoms with Gasteiger partial charge in [0.2, 0.25) is 0 Å². The summed E-state index contributed by atoms with van der Waals surface area (Å²) < 4.78 is 0. The Hall–Kier alpha value is -2.69. The summed E-state index contributed by atoms with van der Waals surface area (Å²) >= 11 is 0. The van der Waals surface area contributed by atoms with E-state index in [0.29, 0.717) is 16.8 Å². The van der Waals surface area contributed by atoms with E-state index in [1.165, 1.54) is 0 Å². The minimum absolute atomic E-state index is 0.315. The summed E-state index contributed by atoms with van der Waals surface area (Å²) in [5.41, 5.74) is 0.978. The van der Waals surface area contributed by atoms with Crippen molar-refractivity contribution in [1.29, 1.82) is 0 Å². The van der Waals surface area contributed by atoms with Crippen molar-refractivity contribution in [1.82, 2.24) is 14.9 Å². The molecule has 2 heterocycles. The molecule has 0 spiro atoms. The normalized spacial score (nSPS) is 10.7. The van der Waals surface area contributed by atoms with Gasteiger partial charge < -0.3 is 5.84 Å². The van der Waals surface area contributed by atoms with Crippen LogP contribution in [-0.4, -0.2) is 14.9 Å². The van der Waals surface area contributed by atoms with E-state index in [4.69, 9.17) is 5.84 Å². The van der Waals surface area contributed by atoms with Crippen LogP contribution in [0.2, 0.25) is 0 Å². The second-order valence-electron chi connectivity index (χ2n) is 3.86. The van der Waals surface area contributed by atoms with Crippen LogP contribution in [0, 0.1) is 0 Å². The van der Waals surface area contributed by atoms with Gasteiger partial charge in [-0.2, -0.15) is 0 Å². The third-order valence-electron chi connectivity index (χ3n) is 2.74. The van der Waals surface area contributed by atoms with Crippen LogP contribution in [0.4, 0.5) is 0 Å². The fourth-order valence-electron chi connectivity index (χ4n) is 1.90. The van der Waals surface area contributed by atoms with Gasteiger partial charge in [-0.25, -0.2) is 0 Å². The molecule has 0 saturated heterocycles. The highest BCUT2D eigenvalue weighted by atomic mass is 16.1. The van der Waals surface area contributed by atoms with Gasteiger partial charge in [0.1, 0.15) is 5.69 Å². The third-order valence-corrected chi connectivity index (χ3v) is 2.74. The van der Waals surface area contributed by atoms with Crippen LogP contribution >= 0.6 is 0 Å². The van der Waals surface area contributed by atoms with Crippen LogP contribution in [0.3, 0.4) is 0 Å². The van der Waals surface area contributed by atoms with E-state index in [1.807, 2.05) is 30.3 Å². The highest BCUT2D eigenvalue weighted by Crippen LogP contribution is 2.21. The molecule has 0 atom stereocenters. The van der Waals surface area contributed by atoms with Crippen molar-refractivity contribution in [3.05, 3.63) is 59.0 Å². The maximum atomic E-state index is 11.9. The minimum atomic E-state index is -0.315. The maximum absolute atomic E-state index is 11.9. The summed E-state index contributed by atoms with van der Waals surface area (Å²) in [7, 11) is 0. The lowest BCUT2D eigenvalue weighted by Crippen LogP contribution is -2.30. The summed E-state index contributed by atoms with van der Waals surface area (Å²) in [6.07, 6.45) is 1.68. The van der Waals surface area contributed by atoms with E-state index in [-0.39, 0.29) is 5.56 Å². The lowest BCUT2D eigenvalue weighted by Gasteiger charge is -2.06. The molecule has 0 amide bonds. The Morgan fingerprint density at radius 1 is 1.00 bits per heavy atom. The number of fused-ring (bicyclic) bond motifs is 1. The molecule has 88 valence electrons. The molecule has 18 heavy (non-hydrogen) atoms. The fraction of sp³-hybridized carbons (Fsp3) is 0. The van der Waals surface area contributed by atoms with Gasteiger partial charge in [-0.1, -0.05) is 24.3 Å². The predicted molar refractivity (Wildman–Crippen MR) is 69.4 cm³/mol. The second-order valence-corrected chi connectivity index (χ2v) is 3.86. The van der Waals surface area contributed by atoms with E-state index in [2.05, 4.69) is 10.1 Å². The number of hydrogen-bond donors (Lipinski definition) is 1. The Labute approximate surface area is 102 Å². The van der Waals surface area contributed by atoms with Gasteiger partial charge in [0.15, 0.2) is 0 Å². The molecule has 3 rings (SSSR count). The van der Waals surface area contributed by atoms with Crippen molar-refractivity contribution in [2.24, 2.45) is 0 Å². The molecule has 0 aliphatic heterocycles. The first kappa shape index (κ1) is 10.5. The topological polar surface area (TPSA) is 73.8 Å². The molecule has 2 N–H and O–H groups in total. The average Bonchev–Trinajstić information content (AvgIpc) is 2.44. The smallest absolute Gasteiger partial charge is 0.293 e. The van der Waals surface area contributed by atoms with Crippen LogP contribution in [0.1, 0.15) is 0 Å². The van der Waals surface area contributed by atoms with Gasteiger partial charge in [0.05, 0.1) is 11.1 Å². The third kappa shape index (κ3) is 1.53. The molecule has 0 aliphatic rings. The minimum Gasteiger partial charge on any atom is -0.320 e. The van der Waals surface area contributed by atoms with E-state index < -0.39 is 0 Å². The van der Waals surface area contributed by atoms with Crippen LogP contribution in [0.15, 0.2) is 53.5 Å². The van der Waals surface area contributed by atoms with Gasteiger partial charge in [0.25, 0.3) is 5.56 Å². The average molecular weight is 238 g/mol. The predicted octanol–water partition coefficient (Wildman–Crippen LogP) is 1.17. The highest BCUT2D eigenvalue weighted by Gasteiger charge is 2.10. The van der Waals surface area contributed by atoms with Gasteiger partial charge in [-0.15, -0.1) is 9.89 Å². The number of pyridine rings is 1. The molecule has 1 aromatic carbocycles. The first-order valence-corrected chi connectivity index (χ1v) is 5.46. The molecule has 5 heteroatoms. The first-order chi connectivity index (χ1) is 8.77. The van der Waals surface area contributed by atoms with E-state index in [0.717, 1.165) is 10.2 Å². The van der Waals surface area contributed by atoms with Gasteiger partial charge in [-0.05, 0) is 18.2 Å². The van der Waals surface area contributed by atoms with Gasteiger partial charge >= 0.3 is 0 Å². The first-order valence-electron chi connectivity index (χ1n) is 5.46. The van der Waals surface area contributed by atoms with Crippen molar-refractivity contribution in [2.75, 3.05) is 5.84 Å². The number of rotatable bonds is 1. The standard InChI is InChI=1S/C13H10N4O/c14-17-13(18)10-6-2-1-5-9(10)12(16-17)11-7-3-4-8-15-11/h1-8H,14H2. The SMILES string of the molecule is Nn1nc(-c2ccccn2)c2ccccc2c1=O. The second kappa shape index (κ2) is 3.96. The summed E-state index contributed by atoms with van der Waals surface area (Å²) in [4.78, 5) is 17.0. The highest BCUT2D eigenvalue weighted by molar-refractivity contribution is 5.92. The summed E-state index contributed by atoms with van der Waals surface area (Å²) in [6, 6.07) is 12.7. The molecule has 0 aliphatic carbocycles. The van der Waals surface area contributed by atoms with Crippen molar-refractivity contribution in [3.63, 3.8) is 0 Å². The van der Waals surface area contributed by atoms with Gasteiger partial charge in [-0.3, -0.25) is 9.78 Å². The quantitative estimate of drug-likeness (QED) is 0.646. The molecule has 0 fully saturated rings. The maximum Gasteiger partial charge on any atom is 0.293 e. The van der Waals surface area contributed by atoms with Crippen molar-refractivity contribution < 1.29 is 0 Å². The summed E-state index contributed by atoms with van der Waals surface area (Å²) in [6.45, 7) is 0. The van der Waals surface area contributed by atoms with Crippen LogP contribution < -0.4 is 11.4 Å². The number of hydrogen-bond acceptors (Lipinski definition) is 4. The molecule has 2 aromatic heterocycles. The summed E-state index contributed by atoms with van der Waals surface area (Å²) in [5, 5.41) is 5.38. The molecular formula is C13H10N4O. The zero-order chi connectivity index (χ0) is 12.5.